The molecule has 2 aromatic rings. The van der Waals surface area contributed by atoms with Crippen molar-refractivity contribution in [1.82, 2.24) is 19.8 Å². The number of aromatic nitrogens is 4. The number of alkyl halides is 1. The van der Waals surface area contributed by atoms with Crippen molar-refractivity contribution in [2.75, 3.05) is 0 Å². The van der Waals surface area contributed by atoms with Crippen LogP contribution in [-0.2, 0) is 5.41 Å². The molecule has 0 aliphatic rings. The Kier molecular flexibility index (Phi) is 3.18. The molecule has 0 aliphatic heterocycles. The van der Waals surface area contributed by atoms with Crippen molar-refractivity contribution in [3.63, 3.8) is 0 Å². The molecule has 0 saturated carbocycles. The summed E-state index contributed by atoms with van der Waals surface area (Å²) in [6, 6.07) is 0. The van der Waals surface area contributed by atoms with Crippen LogP contribution in [0.5, 0.6) is 0 Å². The van der Waals surface area contributed by atoms with Gasteiger partial charge in [0.15, 0.2) is 0 Å². The lowest BCUT2D eigenvalue weighted by Gasteiger charge is -2.14. The molecule has 0 aliphatic carbocycles. The predicted octanol–water partition coefficient (Wildman–Crippen LogP) is 3.19. The molecule has 0 amide bonds. The SMILES string of the molecule is CC(Cl)c1nnc(-c2snnc2C(C)(C)C)o1. The van der Waals surface area contributed by atoms with Gasteiger partial charge >= 0.3 is 0 Å². The molecule has 0 N–H and O–H groups in total. The summed E-state index contributed by atoms with van der Waals surface area (Å²) in [5, 5.41) is 11.7. The molecule has 0 fully saturated rings. The summed E-state index contributed by atoms with van der Waals surface area (Å²) in [6.45, 7) is 7.98. The van der Waals surface area contributed by atoms with Crippen LogP contribution < -0.4 is 0 Å². The van der Waals surface area contributed by atoms with E-state index < -0.39 is 0 Å². The molecule has 0 bridgehead atoms. The van der Waals surface area contributed by atoms with Gasteiger partial charge in [0.2, 0.25) is 5.89 Å². The third kappa shape index (κ3) is 2.47. The summed E-state index contributed by atoms with van der Waals surface area (Å²) in [7, 11) is 0. The lowest BCUT2D eigenvalue weighted by molar-refractivity contribution is 0.503. The molecule has 1 unspecified atom stereocenters. The number of nitrogens with zero attached hydrogens (tertiary/aromatic N) is 4. The molecular formula is C10H13ClN4OS. The van der Waals surface area contributed by atoms with Crippen LogP contribution in [0, 0.1) is 0 Å². The first-order valence-electron chi connectivity index (χ1n) is 5.20. The van der Waals surface area contributed by atoms with E-state index in [0.29, 0.717) is 11.8 Å². The first-order valence-corrected chi connectivity index (χ1v) is 6.41. The van der Waals surface area contributed by atoms with Crippen LogP contribution in [0.15, 0.2) is 4.42 Å². The average Bonchev–Trinajstić information content (AvgIpc) is 2.85. The Morgan fingerprint density at radius 3 is 2.47 bits per heavy atom. The van der Waals surface area contributed by atoms with Crippen molar-refractivity contribution >= 4 is 23.1 Å². The van der Waals surface area contributed by atoms with Crippen molar-refractivity contribution in [2.24, 2.45) is 0 Å². The van der Waals surface area contributed by atoms with Gasteiger partial charge in [-0.2, -0.15) is 0 Å². The minimum absolute atomic E-state index is 0.108. The van der Waals surface area contributed by atoms with E-state index in [1.807, 2.05) is 0 Å². The van der Waals surface area contributed by atoms with Gasteiger partial charge in [-0.1, -0.05) is 25.3 Å². The van der Waals surface area contributed by atoms with Gasteiger partial charge in [-0.15, -0.1) is 26.9 Å². The summed E-state index contributed by atoms with van der Waals surface area (Å²) >= 11 is 7.14. The van der Waals surface area contributed by atoms with Crippen LogP contribution in [0.4, 0.5) is 0 Å². The highest BCUT2D eigenvalue weighted by Crippen LogP contribution is 2.34. The highest BCUT2D eigenvalue weighted by molar-refractivity contribution is 7.09. The molecule has 0 saturated heterocycles. The van der Waals surface area contributed by atoms with Gasteiger partial charge in [0.25, 0.3) is 5.89 Å². The molecule has 2 heterocycles. The van der Waals surface area contributed by atoms with Crippen molar-refractivity contribution in [3.05, 3.63) is 11.6 Å². The quantitative estimate of drug-likeness (QED) is 0.786. The number of hydrogen-bond donors (Lipinski definition) is 0. The molecule has 2 rings (SSSR count). The van der Waals surface area contributed by atoms with Gasteiger partial charge in [0.1, 0.15) is 10.3 Å². The monoisotopic (exact) mass is 272 g/mol. The highest BCUT2D eigenvalue weighted by atomic mass is 35.5. The highest BCUT2D eigenvalue weighted by Gasteiger charge is 2.26. The zero-order valence-corrected chi connectivity index (χ0v) is 11.6. The lowest BCUT2D eigenvalue weighted by atomic mass is 9.91. The normalized spacial score (nSPS) is 13.9. The zero-order valence-electron chi connectivity index (χ0n) is 10.1. The standard InChI is InChI=1S/C10H13ClN4OS/c1-5(11)8-13-14-9(16-8)6-7(10(2,3)4)12-15-17-6/h5H,1-4H3. The van der Waals surface area contributed by atoms with Crippen LogP contribution in [0.2, 0.25) is 0 Å². The van der Waals surface area contributed by atoms with Crippen LogP contribution in [0.1, 0.15) is 44.7 Å². The summed E-state index contributed by atoms with van der Waals surface area (Å²) in [6.07, 6.45) is 0. The second kappa shape index (κ2) is 4.34. The molecule has 1 atom stereocenters. The fraction of sp³-hybridized carbons (Fsp3) is 0.600. The van der Waals surface area contributed by atoms with Gasteiger partial charge in [-0.25, -0.2) is 0 Å². The molecule has 0 aromatic carbocycles. The number of halogens is 1. The molecule has 2 aromatic heterocycles. The molecule has 0 spiro atoms. The van der Waals surface area contributed by atoms with Crippen molar-refractivity contribution in [2.45, 2.75) is 38.5 Å². The number of hydrogen-bond acceptors (Lipinski definition) is 6. The van der Waals surface area contributed by atoms with Crippen LogP contribution in [0.25, 0.3) is 10.8 Å². The van der Waals surface area contributed by atoms with E-state index in [9.17, 15) is 0 Å². The maximum Gasteiger partial charge on any atom is 0.261 e. The van der Waals surface area contributed by atoms with Gasteiger partial charge < -0.3 is 4.42 Å². The zero-order chi connectivity index (χ0) is 12.6. The predicted molar refractivity (Wildman–Crippen MR) is 66.2 cm³/mol. The summed E-state index contributed by atoms with van der Waals surface area (Å²) < 4.78 is 9.45. The van der Waals surface area contributed by atoms with Gasteiger partial charge in [-0.3, -0.25) is 0 Å². The van der Waals surface area contributed by atoms with Crippen LogP contribution >= 0.6 is 23.1 Å². The average molecular weight is 273 g/mol. The molecule has 0 radical (unpaired) electrons. The smallest absolute Gasteiger partial charge is 0.261 e. The summed E-state index contributed by atoms with van der Waals surface area (Å²) in [4.78, 5) is 0.813. The fourth-order valence-corrected chi connectivity index (χ4v) is 2.20. The molecular weight excluding hydrogens is 260 g/mol. The Bertz CT molecular complexity index is 514. The lowest BCUT2D eigenvalue weighted by Crippen LogP contribution is -2.13. The first-order chi connectivity index (χ1) is 7.89. The third-order valence-electron chi connectivity index (χ3n) is 2.17. The van der Waals surface area contributed by atoms with E-state index in [0.717, 1.165) is 10.6 Å². The second-order valence-corrected chi connectivity index (χ2v) is 6.17. The van der Waals surface area contributed by atoms with Crippen molar-refractivity contribution in [3.8, 4) is 10.8 Å². The van der Waals surface area contributed by atoms with E-state index in [2.05, 4.69) is 40.6 Å². The Morgan fingerprint density at radius 2 is 1.94 bits per heavy atom. The maximum atomic E-state index is 5.88. The van der Waals surface area contributed by atoms with Crippen LogP contribution in [0.3, 0.4) is 0 Å². The Labute approximate surface area is 108 Å². The molecule has 5 nitrogen and oxygen atoms in total. The number of rotatable bonds is 2. The van der Waals surface area contributed by atoms with E-state index in [4.69, 9.17) is 16.0 Å². The second-order valence-electron chi connectivity index (χ2n) is 4.76. The van der Waals surface area contributed by atoms with E-state index in [-0.39, 0.29) is 10.8 Å². The fourth-order valence-electron chi connectivity index (χ4n) is 1.31. The minimum Gasteiger partial charge on any atom is -0.418 e. The van der Waals surface area contributed by atoms with E-state index in [1.54, 1.807) is 6.92 Å². The van der Waals surface area contributed by atoms with Gasteiger partial charge in [0, 0.05) is 5.41 Å². The first kappa shape index (κ1) is 12.4. The van der Waals surface area contributed by atoms with Crippen molar-refractivity contribution in [1.29, 1.82) is 0 Å². The van der Waals surface area contributed by atoms with Crippen LogP contribution in [-0.4, -0.2) is 19.8 Å². The topological polar surface area (TPSA) is 64.7 Å². The summed E-state index contributed by atoms with van der Waals surface area (Å²) in [5.41, 5.74) is 0.753. The molecule has 17 heavy (non-hydrogen) atoms. The third-order valence-corrected chi connectivity index (χ3v) is 3.07. The molecule has 92 valence electrons. The van der Waals surface area contributed by atoms with Gasteiger partial charge in [0.05, 0.1) is 5.69 Å². The molecule has 7 heteroatoms. The van der Waals surface area contributed by atoms with Crippen molar-refractivity contribution < 1.29 is 4.42 Å². The Balaban J connectivity index is 2.43. The van der Waals surface area contributed by atoms with Gasteiger partial charge in [-0.05, 0) is 18.5 Å². The summed E-state index contributed by atoms with van der Waals surface area (Å²) in [5.74, 6) is 0.849. The van der Waals surface area contributed by atoms with E-state index >= 15 is 0 Å². The Hall–Kier alpha value is -1.01. The van der Waals surface area contributed by atoms with E-state index in [1.165, 1.54) is 11.5 Å². The Morgan fingerprint density at radius 1 is 1.24 bits per heavy atom. The largest absolute Gasteiger partial charge is 0.418 e. The maximum absolute atomic E-state index is 5.88. The minimum atomic E-state index is -0.296.